The van der Waals surface area contributed by atoms with Gasteiger partial charge in [0.25, 0.3) is 0 Å². The summed E-state index contributed by atoms with van der Waals surface area (Å²) in [6.07, 6.45) is 1.92. The first-order valence-electron chi connectivity index (χ1n) is 7.12. The van der Waals surface area contributed by atoms with Gasteiger partial charge in [0, 0.05) is 44.5 Å². The maximum absolute atomic E-state index is 5.96. The lowest BCUT2D eigenvalue weighted by Crippen LogP contribution is -2.54. The molecule has 1 aliphatic heterocycles. The molecular weight excluding hydrogens is 238 g/mol. The highest BCUT2D eigenvalue weighted by Crippen LogP contribution is 2.22. The first-order chi connectivity index (χ1) is 8.91. The molecule has 1 saturated heterocycles. The lowest BCUT2D eigenvalue weighted by atomic mass is 10.0. The van der Waals surface area contributed by atoms with Crippen LogP contribution < -0.4 is 5.73 Å². The van der Waals surface area contributed by atoms with Gasteiger partial charge in [-0.25, -0.2) is 4.98 Å². The summed E-state index contributed by atoms with van der Waals surface area (Å²) < 4.78 is 0. The van der Waals surface area contributed by atoms with E-state index in [0.29, 0.717) is 6.54 Å². The summed E-state index contributed by atoms with van der Waals surface area (Å²) in [5.41, 5.74) is 7.36. The molecule has 0 spiro atoms. The van der Waals surface area contributed by atoms with Crippen LogP contribution in [-0.4, -0.2) is 58.0 Å². The summed E-state index contributed by atoms with van der Waals surface area (Å²) in [6.45, 7) is 13.8. The van der Waals surface area contributed by atoms with Gasteiger partial charge in [-0.15, -0.1) is 0 Å². The zero-order valence-electron chi connectivity index (χ0n) is 12.6. The summed E-state index contributed by atoms with van der Waals surface area (Å²) in [7, 11) is 0. The number of hydrogen-bond donors (Lipinski definition) is 2. The zero-order chi connectivity index (χ0) is 14.0. The smallest absolute Gasteiger partial charge is 0.103 e. The molecule has 0 aliphatic carbocycles. The normalized spacial score (nSPS) is 20.7. The monoisotopic (exact) mass is 265 g/mol. The van der Waals surface area contributed by atoms with Crippen molar-refractivity contribution in [3.63, 3.8) is 0 Å². The Balaban J connectivity index is 1.99. The lowest BCUT2D eigenvalue weighted by molar-refractivity contribution is 0.0426. The minimum Gasteiger partial charge on any atom is -0.345 e. The molecule has 1 unspecified atom stereocenters. The van der Waals surface area contributed by atoms with Crippen molar-refractivity contribution in [1.29, 1.82) is 0 Å². The summed E-state index contributed by atoms with van der Waals surface area (Å²) in [4.78, 5) is 12.6. The summed E-state index contributed by atoms with van der Waals surface area (Å²) in [5, 5.41) is 0. The molecule has 0 aromatic carbocycles. The topological polar surface area (TPSA) is 61.2 Å². The lowest BCUT2D eigenvalue weighted by Gasteiger charge is -2.44. The van der Waals surface area contributed by atoms with Crippen molar-refractivity contribution < 1.29 is 0 Å². The van der Waals surface area contributed by atoms with Crippen molar-refractivity contribution in [2.24, 2.45) is 5.73 Å². The number of piperazine rings is 1. The van der Waals surface area contributed by atoms with E-state index in [2.05, 4.69) is 40.5 Å². The molecule has 3 N–H and O–H groups in total. The molecule has 0 saturated carbocycles. The second kappa shape index (κ2) is 5.61. The fraction of sp³-hybridized carbons (Fsp3) is 0.786. The van der Waals surface area contributed by atoms with Gasteiger partial charge < -0.3 is 10.7 Å². The first-order valence-corrected chi connectivity index (χ1v) is 7.12. The number of aromatic amines is 1. The molecule has 1 aromatic heterocycles. The van der Waals surface area contributed by atoms with Gasteiger partial charge in [-0.1, -0.05) is 0 Å². The zero-order valence-corrected chi connectivity index (χ0v) is 12.6. The Morgan fingerprint density at radius 3 is 2.37 bits per heavy atom. The molecule has 0 bridgehead atoms. The molecule has 108 valence electrons. The van der Waals surface area contributed by atoms with Crippen molar-refractivity contribution in [1.82, 2.24) is 19.8 Å². The third kappa shape index (κ3) is 3.35. The Labute approximate surface area is 116 Å². The maximum Gasteiger partial charge on any atom is 0.103 e. The van der Waals surface area contributed by atoms with E-state index in [9.17, 15) is 0 Å². The van der Waals surface area contributed by atoms with Crippen molar-refractivity contribution in [2.45, 2.75) is 39.3 Å². The SMILES string of the molecule is Cc1ncc(C(CN)N2CCN(C(C)(C)C)CC2)[nH]1. The van der Waals surface area contributed by atoms with E-state index in [0.717, 1.165) is 37.7 Å². The number of nitrogens with zero attached hydrogens (tertiary/aromatic N) is 3. The van der Waals surface area contributed by atoms with E-state index in [4.69, 9.17) is 5.73 Å². The standard InChI is InChI=1S/C14H27N5/c1-11-16-10-12(17-11)13(9-15)18-5-7-19(8-6-18)14(2,3)4/h10,13H,5-9,15H2,1-4H3,(H,16,17). The van der Waals surface area contributed by atoms with Crippen molar-refractivity contribution >= 4 is 0 Å². The number of nitrogens with one attached hydrogen (secondary N) is 1. The number of aryl methyl sites for hydroxylation is 1. The summed E-state index contributed by atoms with van der Waals surface area (Å²) in [6, 6.07) is 0.267. The largest absolute Gasteiger partial charge is 0.345 e. The average Bonchev–Trinajstić information content (AvgIpc) is 2.76. The highest BCUT2D eigenvalue weighted by atomic mass is 15.3. The van der Waals surface area contributed by atoms with Crippen LogP contribution in [0.5, 0.6) is 0 Å². The Kier molecular flexibility index (Phi) is 4.28. The van der Waals surface area contributed by atoms with Gasteiger partial charge in [0.1, 0.15) is 5.82 Å². The van der Waals surface area contributed by atoms with E-state index in [1.165, 1.54) is 0 Å². The fourth-order valence-electron chi connectivity index (χ4n) is 2.79. The maximum atomic E-state index is 5.96. The highest BCUT2D eigenvalue weighted by Gasteiger charge is 2.29. The molecule has 1 aromatic rings. The Hall–Kier alpha value is -0.910. The van der Waals surface area contributed by atoms with Gasteiger partial charge in [-0.05, 0) is 27.7 Å². The van der Waals surface area contributed by atoms with Crippen LogP contribution in [0.2, 0.25) is 0 Å². The van der Waals surface area contributed by atoms with E-state index in [1.54, 1.807) is 0 Å². The Bertz CT molecular complexity index is 398. The second-order valence-corrected chi connectivity index (χ2v) is 6.37. The van der Waals surface area contributed by atoms with Gasteiger partial charge >= 0.3 is 0 Å². The van der Waals surface area contributed by atoms with Crippen molar-refractivity contribution in [3.05, 3.63) is 17.7 Å². The molecule has 5 heteroatoms. The second-order valence-electron chi connectivity index (χ2n) is 6.37. The van der Waals surface area contributed by atoms with Crippen LogP contribution in [0.15, 0.2) is 6.20 Å². The van der Waals surface area contributed by atoms with Crippen LogP contribution in [0.25, 0.3) is 0 Å². The molecule has 1 aliphatic rings. The van der Waals surface area contributed by atoms with Gasteiger partial charge in [0.2, 0.25) is 0 Å². The Morgan fingerprint density at radius 1 is 1.32 bits per heavy atom. The van der Waals surface area contributed by atoms with Gasteiger partial charge in [-0.3, -0.25) is 9.80 Å². The van der Waals surface area contributed by atoms with Crippen LogP contribution in [0.4, 0.5) is 0 Å². The molecular formula is C14H27N5. The molecule has 1 fully saturated rings. The van der Waals surface area contributed by atoms with Gasteiger partial charge in [0.05, 0.1) is 11.7 Å². The van der Waals surface area contributed by atoms with Crippen LogP contribution >= 0.6 is 0 Å². The summed E-state index contributed by atoms with van der Waals surface area (Å²) >= 11 is 0. The van der Waals surface area contributed by atoms with Gasteiger partial charge in [0.15, 0.2) is 0 Å². The molecule has 2 heterocycles. The van der Waals surface area contributed by atoms with Crippen LogP contribution in [0, 0.1) is 6.92 Å². The third-order valence-corrected chi connectivity index (χ3v) is 4.01. The molecule has 2 rings (SSSR count). The fourth-order valence-corrected chi connectivity index (χ4v) is 2.79. The van der Waals surface area contributed by atoms with Crippen LogP contribution in [0.3, 0.4) is 0 Å². The molecule has 0 amide bonds. The van der Waals surface area contributed by atoms with Crippen LogP contribution in [-0.2, 0) is 0 Å². The number of rotatable bonds is 3. The van der Waals surface area contributed by atoms with Crippen molar-refractivity contribution in [2.75, 3.05) is 32.7 Å². The predicted molar refractivity (Wildman–Crippen MR) is 78.0 cm³/mol. The number of nitrogens with two attached hydrogens (primary N) is 1. The van der Waals surface area contributed by atoms with E-state index in [1.807, 2.05) is 13.1 Å². The minimum absolute atomic E-state index is 0.259. The average molecular weight is 265 g/mol. The van der Waals surface area contributed by atoms with E-state index < -0.39 is 0 Å². The number of H-pyrrole nitrogens is 1. The van der Waals surface area contributed by atoms with E-state index >= 15 is 0 Å². The number of imidazole rings is 1. The molecule has 1 atom stereocenters. The van der Waals surface area contributed by atoms with E-state index in [-0.39, 0.29) is 11.6 Å². The highest BCUT2D eigenvalue weighted by molar-refractivity contribution is 5.07. The third-order valence-electron chi connectivity index (χ3n) is 4.01. The van der Waals surface area contributed by atoms with Crippen molar-refractivity contribution in [3.8, 4) is 0 Å². The quantitative estimate of drug-likeness (QED) is 0.860. The van der Waals surface area contributed by atoms with Crippen LogP contribution in [0.1, 0.15) is 38.3 Å². The first kappa shape index (κ1) is 14.5. The Morgan fingerprint density at radius 2 is 1.95 bits per heavy atom. The molecule has 19 heavy (non-hydrogen) atoms. The predicted octanol–water partition coefficient (Wildman–Crippen LogP) is 1.13. The number of hydrogen-bond acceptors (Lipinski definition) is 4. The van der Waals surface area contributed by atoms with Gasteiger partial charge in [-0.2, -0.15) is 0 Å². The minimum atomic E-state index is 0.259. The number of aromatic nitrogens is 2. The summed E-state index contributed by atoms with van der Waals surface area (Å²) in [5.74, 6) is 0.960. The molecule has 5 nitrogen and oxygen atoms in total. The molecule has 0 radical (unpaired) electrons.